The normalized spacial score (nSPS) is 10.6. The second kappa shape index (κ2) is 9.83. The van der Waals surface area contributed by atoms with E-state index in [1.54, 1.807) is 0 Å². The molecule has 0 aromatic heterocycles. The smallest absolute Gasteiger partial charge is 0.226 e. The average molecular weight is 380 g/mol. The maximum absolute atomic E-state index is 12.4. The molecule has 0 fully saturated rings. The third-order valence-electron chi connectivity index (χ3n) is 4.51. The van der Waals surface area contributed by atoms with E-state index in [9.17, 15) is 14.4 Å². The molecular formula is C23H28N2O3. The van der Waals surface area contributed by atoms with Gasteiger partial charge in [-0.3, -0.25) is 14.4 Å². The molecule has 0 unspecified atom stereocenters. The number of nitrogens with one attached hydrogen (secondary N) is 2. The van der Waals surface area contributed by atoms with Crippen molar-refractivity contribution >= 4 is 23.3 Å². The zero-order valence-corrected chi connectivity index (χ0v) is 17.0. The van der Waals surface area contributed by atoms with Crippen molar-refractivity contribution in [3.63, 3.8) is 0 Å². The van der Waals surface area contributed by atoms with Gasteiger partial charge in [-0.15, -0.1) is 0 Å². The highest BCUT2D eigenvalue weighted by molar-refractivity contribution is 5.99. The number of benzene rings is 2. The van der Waals surface area contributed by atoms with Gasteiger partial charge in [0.2, 0.25) is 11.8 Å². The van der Waals surface area contributed by atoms with Crippen LogP contribution in [0.5, 0.6) is 0 Å². The molecule has 2 aromatic carbocycles. The molecular weight excluding hydrogens is 352 g/mol. The van der Waals surface area contributed by atoms with Crippen molar-refractivity contribution in [2.24, 2.45) is 5.92 Å². The maximum Gasteiger partial charge on any atom is 0.226 e. The van der Waals surface area contributed by atoms with Crippen LogP contribution in [0.4, 0.5) is 5.69 Å². The number of anilines is 1. The number of amides is 2. The number of rotatable bonds is 8. The standard InChI is InChI=1S/C23H28N2O3/c1-15(2)23(28)25-19-9-7-18(8-10-19)14-24-22(27)12-11-21(26)20-13-16(3)5-6-17(20)4/h5-10,13,15H,11-12,14H2,1-4H3,(H,24,27)(H,25,28). The Kier molecular flexibility index (Phi) is 7.50. The zero-order valence-electron chi connectivity index (χ0n) is 17.0. The summed E-state index contributed by atoms with van der Waals surface area (Å²) in [5.41, 5.74) is 4.31. The lowest BCUT2D eigenvalue weighted by atomic mass is 9.99. The Hall–Kier alpha value is -2.95. The minimum atomic E-state index is -0.157. The van der Waals surface area contributed by atoms with Gasteiger partial charge in [-0.1, -0.05) is 43.7 Å². The van der Waals surface area contributed by atoms with Gasteiger partial charge in [0, 0.05) is 36.6 Å². The fourth-order valence-corrected chi connectivity index (χ4v) is 2.68. The van der Waals surface area contributed by atoms with Crippen LogP contribution in [0.1, 0.15) is 53.7 Å². The summed E-state index contributed by atoms with van der Waals surface area (Å²) >= 11 is 0. The van der Waals surface area contributed by atoms with E-state index in [0.29, 0.717) is 12.1 Å². The topological polar surface area (TPSA) is 75.3 Å². The van der Waals surface area contributed by atoms with Gasteiger partial charge in [0.15, 0.2) is 5.78 Å². The summed E-state index contributed by atoms with van der Waals surface area (Å²) in [5, 5.41) is 5.66. The van der Waals surface area contributed by atoms with Gasteiger partial charge in [-0.25, -0.2) is 0 Å². The van der Waals surface area contributed by atoms with Gasteiger partial charge in [0.05, 0.1) is 0 Å². The van der Waals surface area contributed by atoms with Crippen LogP contribution in [-0.4, -0.2) is 17.6 Å². The summed E-state index contributed by atoms with van der Waals surface area (Å²) in [6.45, 7) is 7.91. The lowest BCUT2D eigenvalue weighted by molar-refractivity contribution is -0.121. The van der Waals surface area contributed by atoms with Gasteiger partial charge in [-0.05, 0) is 43.2 Å². The maximum atomic E-state index is 12.4. The van der Waals surface area contributed by atoms with Gasteiger partial charge >= 0.3 is 0 Å². The first-order valence-corrected chi connectivity index (χ1v) is 9.53. The molecule has 0 atom stereocenters. The lowest BCUT2D eigenvalue weighted by Gasteiger charge is -2.09. The number of carbonyl (C=O) groups is 3. The van der Waals surface area contributed by atoms with Crippen molar-refractivity contribution in [2.45, 2.75) is 47.1 Å². The molecule has 0 aliphatic carbocycles. The van der Waals surface area contributed by atoms with E-state index < -0.39 is 0 Å². The minimum absolute atomic E-state index is 0.0124. The van der Waals surface area contributed by atoms with Crippen molar-refractivity contribution in [3.05, 3.63) is 64.7 Å². The summed E-state index contributed by atoms with van der Waals surface area (Å²) in [7, 11) is 0. The van der Waals surface area contributed by atoms with Crippen molar-refractivity contribution in [2.75, 3.05) is 5.32 Å². The molecule has 28 heavy (non-hydrogen) atoms. The summed E-state index contributed by atoms with van der Waals surface area (Å²) in [4.78, 5) is 36.1. The number of Topliss-reactive ketones (excluding diaryl/α,β-unsaturated/α-hetero) is 1. The van der Waals surface area contributed by atoms with E-state index in [1.807, 2.05) is 70.2 Å². The molecule has 2 N–H and O–H groups in total. The third kappa shape index (κ3) is 6.34. The SMILES string of the molecule is Cc1ccc(C)c(C(=O)CCC(=O)NCc2ccc(NC(=O)C(C)C)cc2)c1. The largest absolute Gasteiger partial charge is 0.352 e. The summed E-state index contributed by atoms with van der Waals surface area (Å²) in [6, 6.07) is 13.1. The highest BCUT2D eigenvalue weighted by atomic mass is 16.2. The Morgan fingerprint density at radius 3 is 2.25 bits per heavy atom. The Balaban J connectivity index is 1.80. The van der Waals surface area contributed by atoms with Crippen LogP contribution in [0.15, 0.2) is 42.5 Å². The first-order valence-electron chi connectivity index (χ1n) is 9.53. The molecule has 0 heterocycles. The molecule has 0 bridgehead atoms. The Morgan fingerprint density at radius 1 is 0.929 bits per heavy atom. The number of hydrogen-bond donors (Lipinski definition) is 2. The molecule has 0 radical (unpaired) electrons. The molecule has 5 heteroatoms. The van der Waals surface area contributed by atoms with Crippen LogP contribution in [0.25, 0.3) is 0 Å². The minimum Gasteiger partial charge on any atom is -0.352 e. The highest BCUT2D eigenvalue weighted by Crippen LogP contribution is 2.14. The number of hydrogen-bond acceptors (Lipinski definition) is 3. The second-order valence-corrected chi connectivity index (χ2v) is 7.36. The van der Waals surface area contributed by atoms with E-state index in [0.717, 1.165) is 22.4 Å². The van der Waals surface area contributed by atoms with E-state index in [2.05, 4.69) is 10.6 Å². The number of aryl methyl sites for hydroxylation is 2. The van der Waals surface area contributed by atoms with Gasteiger partial charge in [0.25, 0.3) is 0 Å². The van der Waals surface area contributed by atoms with E-state index >= 15 is 0 Å². The zero-order chi connectivity index (χ0) is 20.7. The van der Waals surface area contributed by atoms with Crippen molar-refractivity contribution in [1.82, 2.24) is 5.32 Å². The molecule has 2 rings (SSSR count). The fraction of sp³-hybridized carbons (Fsp3) is 0.348. The molecule has 5 nitrogen and oxygen atoms in total. The predicted octanol–water partition coefficient (Wildman–Crippen LogP) is 4.18. The average Bonchev–Trinajstić information content (AvgIpc) is 2.67. The van der Waals surface area contributed by atoms with Crippen LogP contribution in [0, 0.1) is 19.8 Å². The first kappa shape index (κ1) is 21.4. The third-order valence-corrected chi connectivity index (χ3v) is 4.51. The van der Waals surface area contributed by atoms with Crippen molar-refractivity contribution in [3.8, 4) is 0 Å². The highest BCUT2D eigenvalue weighted by Gasteiger charge is 2.12. The van der Waals surface area contributed by atoms with Crippen molar-refractivity contribution < 1.29 is 14.4 Å². The van der Waals surface area contributed by atoms with Crippen LogP contribution in [-0.2, 0) is 16.1 Å². The molecule has 0 aliphatic heterocycles. The molecule has 2 aromatic rings. The molecule has 0 aliphatic rings. The molecule has 0 saturated heterocycles. The van der Waals surface area contributed by atoms with Crippen LogP contribution in [0.3, 0.4) is 0 Å². The molecule has 148 valence electrons. The van der Waals surface area contributed by atoms with E-state index in [1.165, 1.54) is 0 Å². The van der Waals surface area contributed by atoms with Crippen LogP contribution >= 0.6 is 0 Å². The number of ketones is 1. The Morgan fingerprint density at radius 2 is 1.61 bits per heavy atom. The second-order valence-electron chi connectivity index (χ2n) is 7.36. The number of carbonyl (C=O) groups excluding carboxylic acids is 3. The molecule has 2 amide bonds. The van der Waals surface area contributed by atoms with Crippen molar-refractivity contribution in [1.29, 1.82) is 0 Å². The van der Waals surface area contributed by atoms with E-state index in [-0.39, 0.29) is 36.4 Å². The molecule has 0 spiro atoms. The first-order chi connectivity index (χ1) is 13.3. The molecule has 0 saturated carbocycles. The summed E-state index contributed by atoms with van der Waals surface area (Å²) in [6.07, 6.45) is 0.352. The quantitative estimate of drug-likeness (QED) is 0.675. The fourth-order valence-electron chi connectivity index (χ4n) is 2.68. The summed E-state index contributed by atoms with van der Waals surface area (Å²) in [5.74, 6) is -0.280. The predicted molar refractivity (Wildman–Crippen MR) is 111 cm³/mol. The lowest BCUT2D eigenvalue weighted by Crippen LogP contribution is -2.23. The monoisotopic (exact) mass is 380 g/mol. The van der Waals surface area contributed by atoms with Gasteiger partial charge < -0.3 is 10.6 Å². The van der Waals surface area contributed by atoms with Crippen LogP contribution < -0.4 is 10.6 Å². The van der Waals surface area contributed by atoms with Gasteiger partial charge in [-0.2, -0.15) is 0 Å². The van der Waals surface area contributed by atoms with Crippen LogP contribution in [0.2, 0.25) is 0 Å². The summed E-state index contributed by atoms with van der Waals surface area (Å²) < 4.78 is 0. The van der Waals surface area contributed by atoms with Gasteiger partial charge in [0.1, 0.15) is 0 Å². The Bertz CT molecular complexity index is 855. The van der Waals surface area contributed by atoms with E-state index in [4.69, 9.17) is 0 Å². The Labute approximate surface area is 166 Å².